The number of esters is 1. The van der Waals surface area contributed by atoms with E-state index in [1.165, 1.54) is 21.3 Å². The summed E-state index contributed by atoms with van der Waals surface area (Å²) in [5.74, 6) is 0.218. The van der Waals surface area contributed by atoms with Crippen molar-refractivity contribution >= 4 is 17.6 Å². The summed E-state index contributed by atoms with van der Waals surface area (Å²) in [6.45, 7) is 0. The molecule has 0 fully saturated rings. The van der Waals surface area contributed by atoms with Crippen LogP contribution >= 0.6 is 0 Å². The van der Waals surface area contributed by atoms with Crippen LogP contribution in [0.4, 0.5) is 5.69 Å². The Labute approximate surface area is 134 Å². The van der Waals surface area contributed by atoms with Gasteiger partial charge in [-0.1, -0.05) is 0 Å². The number of carbonyl (C=O) groups excluding carboxylic acids is 2. The molecule has 120 valence electrons. The van der Waals surface area contributed by atoms with Crippen LogP contribution in [0.2, 0.25) is 0 Å². The van der Waals surface area contributed by atoms with Gasteiger partial charge in [-0.25, -0.2) is 4.79 Å². The lowest BCUT2D eigenvalue weighted by molar-refractivity contribution is 0.0600. The zero-order valence-corrected chi connectivity index (χ0v) is 13.1. The van der Waals surface area contributed by atoms with E-state index in [4.69, 9.17) is 9.47 Å². The van der Waals surface area contributed by atoms with Gasteiger partial charge in [-0.15, -0.1) is 0 Å². The van der Waals surface area contributed by atoms with Crippen LogP contribution in [0.15, 0.2) is 42.5 Å². The Kier molecular flexibility index (Phi) is 5.19. The van der Waals surface area contributed by atoms with Crippen molar-refractivity contribution in [2.75, 3.05) is 26.6 Å². The third kappa shape index (κ3) is 3.79. The molecule has 2 rings (SSSR count). The second-order valence-electron chi connectivity index (χ2n) is 4.59. The van der Waals surface area contributed by atoms with Gasteiger partial charge in [-0.2, -0.15) is 0 Å². The zero-order valence-electron chi connectivity index (χ0n) is 13.1. The van der Waals surface area contributed by atoms with Crippen molar-refractivity contribution in [2.24, 2.45) is 0 Å². The number of anilines is 1. The van der Waals surface area contributed by atoms with Gasteiger partial charge in [-0.3, -0.25) is 4.79 Å². The topological polar surface area (TPSA) is 73.9 Å². The summed E-state index contributed by atoms with van der Waals surface area (Å²) in [6.07, 6.45) is 0. The predicted molar refractivity (Wildman–Crippen MR) is 85.3 cm³/mol. The largest absolute Gasteiger partial charge is 0.497 e. The van der Waals surface area contributed by atoms with Crippen LogP contribution in [0, 0.1) is 0 Å². The Balaban J connectivity index is 2.20. The predicted octanol–water partition coefficient (Wildman–Crippen LogP) is 2.74. The lowest BCUT2D eigenvalue weighted by Gasteiger charge is -2.11. The molecular formula is C17H17NO5. The van der Waals surface area contributed by atoms with Crippen LogP contribution in [-0.4, -0.2) is 33.2 Å². The van der Waals surface area contributed by atoms with Crippen molar-refractivity contribution in [1.29, 1.82) is 0 Å². The second kappa shape index (κ2) is 7.31. The number of methoxy groups -OCH3 is 3. The molecule has 2 aromatic rings. The Morgan fingerprint density at radius 2 is 1.61 bits per heavy atom. The fraction of sp³-hybridized carbons (Fsp3) is 0.176. The van der Waals surface area contributed by atoms with Crippen LogP contribution in [-0.2, 0) is 4.74 Å². The fourth-order valence-electron chi connectivity index (χ4n) is 2.00. The maximum absolute atomic E-state index is 12.4. The summed E-state index contributed by atoms with van der Waals surface area (Å²) >= 11 is 0. The molecule has 0 saturated heterocycles. The van der Waals surface area contributed by atoms with Gasteiger partial charge in [0.2, 0.25) is 0 Å². The molecule has 0 bridgehead atoms. The molecule has 6 heteroatoms. The Morgan fingerprint density at radius 1 is 0.913 bits per heavy atom. The van der Waals surface area contributed by atoms with E-state index in [2.05, 4.69) is 10.1 Å². The van der Waals surface area contributed by atoms with Crippen LogP contribution < -0.4 is 14.8 Å². The molecule has 0 radical (unpaired) electrons. The minimum atomic E-state index is -0.433. The number of rotatable bonds is 5. The van der Waals surface area contributed by atoms with Gasteiger partial charge in [0.1, 0.15) is 11.5 Å². The number of carbonyl (C=O) groups is 2. The molecule has 2 aromatic carbocycles. The van der Waals surface area contributed by atoms with E-state index >= 15 is 0 Å². The maximum atomic E-state index is 12.4. The molecule has 0 saturated carbocycles. The Hall–Kier alpha value is -3.02. The third-order valence-corrected chi connectivity index (χ3v) is 3.22. The summed E-state index contributed by atoms with van der Waals surface area (Å²) in [7, 11) is 4.33. The first kappa shape index (κ1) is 16.4. The van der Waals surface area contributed by atoms with Crippen molar-refractivity contribution in [3.8, 4) is 11.5 Å². The van der Waals surface area contributed by atoms with E-state index < -0.39 is 5.97 Å². The highest BCUT2D eigenvalue weighted by molar-refractivity contribution is 6.06. The number of amides is 1. The molecule has 0 aliphatic heterocycles. The van der Waals surface area contributed by atoms with Gasteiger partial charge in [0.15, 0.2) is 0 Å². The first-order valence-electron chi connectivity index (χ1n) is 6.80. The molecule has 6 nitrogen and oxygen atoms in total. The number of benzene rings is 2. The fourth-order valence-corrected chi connectivity index (χ4v) is 2.00. The number of ether oxygens (including phenoxy) is 3. The lowest BCUT2D eigenvalue weighted by Crippen LogP contribution is -2.13. The Morgan fingerprint density at radius 3 is 2.17 bits per heavy atom. The Bertz CT molecular complexity index is 709. The summed E-state index contributed by atoms with van der Waals surface area (Å²) in [5, 5.41) is 2.74. The number of nitrogens with one attached hydrogen (secondary N) is 1. The number of hydrogen-bond donors (Lipinski definition) is 1. The van der Waals surface area contributed by atoms with Gasteiger partial charge in [0.05, 0.1) is 32.5 Å². The molecule has 0 atom stereocenters. The molecule has 1 amide bonds. The molecule has 0 aliphatic rings. The summed E-state index contributed by atoms with van der Waals surface area (Å²) in [6, 6.07) is 11.4. The van der Waals surface area contributed by atoms with Gasteiger partial charge >= 0.3 is 5.97 Å². The molecule has 0 spiro atoms. The van der Waals surface area contributed by atoms with Crippen molar-refractivity contribution in [2.45, 2.75) is 0 Å². The molecule has 0 aromatic heterocycles. The minimum Gasteiger partial charge on any atom is -0.497 e. The van der Waals surface area contributed by atoms with Crippen LogP contribution in [0.25, 0.3) is 0 Å². The SMILES string of the molecule is COC(=O)c1ccc(NC(=O)c2cc(OC)ccc2OC)cc1. The molecule has 0 aliphatic carbocycles. The first-order chi connectivity index (χ1) is 11.1. The maximum Gasteiger partial charge on any atom is 0.337 e. The zero-order chi connectivity index (χ0) is 16.8. The van der Waals surface area contributed by atoms with Gasteiger partial charge < -0.3 is 19.5 Å². The quantitative estimate of drug-likeness (QED) is 0.859. The van der Waals surface area contributed by atoms with Crippen LogP contribution in [0.5, 0.6) is 11.5 Å². The van der Waals surface area contributed by atoms with E-state index in [1.54, 1.807) is 42.5 Å². The van der Waals surface area contributed by atoms with Crippen LogP contribution in [0.1, 0.15) is 20.7 Å². The lowest BCUT2D eigenvalue weighted by atomic mass is 10.1. The average Bonchev–Trinajstić information content (AvgIpc) is 2.61. The van der Waals surface area contributed by atoms with E-state index in [1.807, 2.05) is 0 Å². The summed E-state index contributed by atoms with van der Waals surface area (Å²) in [5.41, 5.74) is 1.31. The van der Waals surface area contributed by atoms with Crippen molar-refractivity contribution in [3.05, 3.63) is 53.6 Å². The monoisotopic (exact) mass is 315 g/mol. The highest BCUT2D eigenvalue weighted by Crippen LogP contribution is 2.25. The average molecular weight is 315 g/mol. The molecule has 1 N–H and O–H groups in total. The summed E-state index contributed by atoms with van der Waals surface area (Å²) < 4.78 is 14.9. The summed E-state index contributed by atoms with van der Waals surface area (Å²) in [4.78, 5) is 23.8. The smallest absolute Gasteiger partial charge is 0.337 e. The standard InChI is InChI=1S/C17H17NO5/c1-21-13-8-9-15(22-2)14(10-13)16(19)18-12-6-4-11(5-7-12)17(20)23-3/h4-10H,1-3H3,(H,18,19). The van der Waals surface area contributed by atoms with E-state index in [0.29, 0.717) is 28.3 Å². The van der Waals surface area contributed by atoms with Crippen molar-refractivity contribution < 1.29 is 23.8 Å². The van der Waals surface area contributed by atoms with Crippen molar-refractivity contribution in [3.63, 3.8) is 0 Å². The van der Waals surface area contributed by atoms with E-state index in [0.717, 1.165) is 0 Å². The molecule has 0 heterocycles. The van der Waals surface area contributed by atoms with E-state index in [9.17, 15) is 9.59 Å². The van der Waals surface area contributed by atoms with Crippen molar-refractivity contribution in [1.82, 2.24) is 0 Å². The highest BCUT2D eigenvalue weighted by atomic mass is 16.5. The highest BCUT2D eigenvalue weighted by Gasteiger charge is 2.14. The molecule has 0 unspecified atom stereocenters. The third-order valence-electron chi connectivity index (χ3n) is 3.22. The second-order valence-corrected chi connectivity index (χ2v) is 4.59. The minimum absolute atomic E-state index is 0.341. The van der Waals surface area contributed by atoms with E-state index in [-0.39, 0.29) is 5.91 Å². The number of hydrogen-bond acceptors (Lipinski definition) is 5. The van der Waals surface area contributed by atoms with Gasteiger partial charge in [-0.05, 0) is 42.5 Å². The molecular weight excluding hydrogens is 298 g/mol. The molecule has 23 heavy (non-hydrogen) atoms. The van der Waals surface area contributed by atoms with Gasteiger partial charge in [0.25, 0.3) is 5.91 Å². The normalized spacial score (nSPS) is 9.87. The van der Waals surface area contributed by atoms with Crippen LogP contribution in [0.3, 0.4) is 0 Å². The van der Waals surface area contributed by atoms with Gasteiger partial charge in [0, 0.05) is 5.69 Å². The first-order valence-corrected chi connectivity index (χ1v) is 6.80.